The molecule has 0 fully saturated rings. The summed E-state index contributed by atoms with van der Waals surface area (Å²) in [5.74, 6) is 0.954. The van der Waals surface area contributed by atoms with Gasteiger partial charge in [0.25, 0.3) is 0 Å². The van der Waals surface area contributed by atoms with Crippen LogP contribution in [0.2, 0.25) is 0 Å². The van der Waals surface area contributed by atoms with Gasteiger partial charge >= 0.3 is 0 Å². The molecule has 0 radical (unpaired) electrons. The van der Waals surface area contributed by atoms with Gasteiger partial charge in [-0.15, -0.1) is 0 Å². The lowest BCUT2D eigenvalue weighted by Crippen LogP contribution is -2.19. The Kier molecular flexibility index (Phi) is 3.44. The summed E-state index contributed by atoms with van der Waals surface area (Å²) in [6, 6.07) is 5.95. The largest absolute Gasteiger partial charge is 0.469 e. The number of aromatic nitrogens is 1. The van der Waals surface area contributed by atoms with E-state index in [1.54, 1.807) is 12.5 Å². The summed E-state index contributed by atoms with van der Waals surface area (Å²) in [6.07, 6.45) is 3.48. The maximum absolute atomic E-state index is 5.68. The molecule has 0 bridgehead atoms. The van der Waals surface area contributed by atoms with Gasteiger partial charge in [-0.05, 0) is 25.1 Å². The van der Waals surface area contributed by atoms with Crippen LogP contribution in [0, 0.1) is 6.92 Å². The third kappa shape index (κ3) is 2.47. The smallest absolute Gasteiger partial charge is 0.105 e. The number of nitrogens with zero attached hydrogens (tertiary/aromatic N) is 2. The van der Waals surface area contributed by atoms with Gasteiger partial charge in [-0.1, -0.05) is 0 Å². The second-order valence-electron chi connectivity index (χ2n) is 4.03. The predicted octanol–water partition coefficient (Wildman–Crippen LogP) is 2.08. The van der Waals surface area contributed by atoms with Crippen LogP contribution in [-0.4, -0.2) is 12.0 Å². The minimum Gasteiger partial charge on any atom is -0.469 e. The molecule has 0 aliphatic heterocycles. The molecule has 0 unspecified atom stereocenters. The number of aryl methyl sites for hydroxylation is 1. The zero-order valence-corrected chi connectivity index (χ0v) is 10.2. The van der Waals surface area contributed by atoms with Crippen molar-refractivity contribution in [1.29, 1.82) is 0 Å². The summed E-state index contributed by atoms with van der Waals surface area (Å²) >= 11 is 0. The molecule has 0 saturated heterocycles. The highest BCUT2D eigenvalue weighted by molar-refractivity contribution is 5.50. The molecule has 2 heterocycles. The van der Waals surface area contributed by atoms with Gasteiger partial charge in [0.15, 0.2) is 0 Å². The lowest BCUT2D eigenvalue weighted by molar-refractivity contribution is 0.529. The number of pyridine rings is 1. The summed E-state index contributed by atoms with van der Waals surface area (Å²) in [7, 11) is 2.03. The average molecular weight is 231 g/mol. The van der Waals surface area contributed by atoms with E-state index >= 15 is 0 Å². The molecule has 0 aromatic carbocycles. The van der Waals surface area contributed by atoms with Crippen LogP contribution in [0.4, 0.5) is 5.69 Å². The van der Waals surface area contributed by atoms with Crippen LogP contribution in [0.3, 0.4) is 0 Å². The van der Waals surface area contributed by atoms with Crippen LogP contribution in [-0.2, 0) is 13.1 Å². The van der Waals surface area contributed by atoms with Gasteiger partial charge in [-0.2, -0.15) is 0 Å². The molecule has 0 aliphatic rings. The zero-order chi connectivity index (χ0) is 12.3. The Bertz CT molecular complexity index is 493. The minimum atomic E-state index is 0.449. The van der Waals surface area contributed by atoms with Crippen molar-refractivity contribution in [3.63, 3.8) is 0 Å². The molecular weight excluding hydrogens is 214 g/mol. The fourth-order valence-corrected chi connectivity index (χ4v) is 1.85. The zero-order valence-electron chi connectivity index (χ0n) is 10.2. The Hall–Kier alpha value is -1.81. The van der Waals surface area contributed by atoms with Gasteiger partial charge in [-0.25, -0.2) is 0 Å². The number of anilines is 1. The van der Waals surface area contributed by atoms with Crippen molar-refractivity contribution >= 4 is 5.69 Å². The van der Waals surface area contributed by atoms with E-state index in [1.165, 1.54) is 5.56 Å². The number of rotatable bonds is 4. The van der Waals surface area contributed by atoms with Crippen LogP contribution in [0.5, 0.6) is 0 Å². The molecule has 4 nitrogen and oxygen atoms in total. The van der Waals surface area contributed by atoms with Gasteiger partial charge in [0, 0.05) is 31.9 Å². The van der Waals surface area contributed by atoms with Crippen molar-refractivity contribution < 1.29 is 4.42 Å². The maximum Gasteiger partial charge on any atom is 0.105 e. The molecule has 0 aliphatic carbocycles. The Balaban J connectivity index is 2.20. The van der Waals surface area contributed by atoms with E-state index in [2.05, 4.69) is 9.88 Å². The van der Waals surface area contributed by atoms with Gasteiger partial charge < -0.3 is 15.1 Å². The molecule has 0 spiro atoms. The third-order valence-electron chi connectivity index (χ3n) is 2.84. The normalized spacial score (nSPS) is 10.5. The molecule has 2 N–H and O–H groups in total. The quantitative estimate of drug-likeness (QED) is 0.875. The van der Waals surface area contributed by atoms with E-state index in [9.17, 15) is 0 Å². The molecule has 0 atom stereocenters. The summed E-state index contributed by atoms with van der Waals surface area (Å²) in [5, 5.41) is 0. The summed E-state index contributed by atoms with van der Waals surface area (Å²) in [4.78, 5) is 6.41. The summed E-state index contributed by atoms with van der Waals surface area (Å²) in [5.41, 5.74) is 8.84. The van der Waals surface area contributed by atoms with Crippen molar-refractivity contribution in [2.75, 3.05) is 11.9 Å². The molecule has 2 aromatic rings. The molecule has 90 valence electrons. The number of hydrogen-bond acceptors (Lipinski definition) is 4. The monoisotopic (exact) mass is 231 g/mol. The first kappa shape index (κ1) is 11.7. The van der Waals surface area contributed by atoms with Gasteiger partial charge in [0.1, 0.15) is 5.76 Å². The van der Waals surface area contributed by atoms with Crippen molar-refractivity contribution in [2.45, 2.75) is 20.0 Å². The van der Waals surface area contributed by atoms with Crippen LogP contribution in [0.15, 0.2) is 35.1 Å². The SMILES string of the molecule is Cc1occc1CN(C)c1cccnc1CN. The first-order chi connectivity index (χ1) is 8.22. The number of furan rings is 1. The topological polar surface area (TPSA) is 55.3 Å². The second kappa shape index (κ2) is 5.01. The van der Waals surface area contributed by atoms with E-state index in [-0.39, 0.29) is 0 Å². The van der Waals surface area contributed by atoms with Crippen LogP contribution >= 0.6 is 0 Å². The third-order valence-corrected chi connectivity index (χ3v) is 2.84. The first-order valence-corrected chi connectivity index (χ1v) is 5.60. The molecule has 2 rings (SSSR count). The second-order valence-corrected chi connectivity index (χ2v) is 4.03. The molecule has 17 heavy (non-hydrogen) atoms. The van der Waals surface area contributed by atoms with Gasteiger partial charge in [0.05, 0.1) is 17.6 Å². The maximum atomic E-state index is 5.68. The molecule has 2 aromatic heterocycles. The fourth-order valence-electron chi connectivity index (χ4n) is 1.85. The van der Waals surface area contributed by atoms with E-state index in [4.69, 9.17) is 10.2 Å². The first-order valence-electron chi connectivity index (χ1n) is 5.60. The van der Waals surface area contributed by atoms with Crippen molar-refractivity contribution in [3.8, 4) is 0 Å². The molecule has 0 saturated carbocycles. The van der Waals surface area contributed by atoms with Gasteiger partial charge in [-0.3, -0.25) is 4.98 Å². The highest BCUT2D eigenvalue weighted by atomic mass is 16.3. The lowest BCUT2D eigenvalue weighted by atomic mass is 10.2. The highest BCUT2D eigenvalue weighted by Crippen LogP contribution is 2.20. The van der Waals surface area contributed by atoms with Crippen molar-refractivity contribution in [3.05, 3.63) is 47.7 Å². The van der Waals surface area contributed by atoms with E-state index in [0.29, 0.717) is 6.54 Å². The van der Waals surface area contributed by atoms with Gasteiger partial charge in [0.2, 0.25) is 0 Å². The van der Waals surface area contributed by atoms with E-state index in [1.807, 2.05) is 32.2 Å². The Morgan fingerprint density at radius 3 is 2.88 bits per heavy atom. The highest BCUT2D eigenvalue weighted by Gasteiger charge is 2.09. The Morgan fingerprint density at radius 2 is 2.24 bits per heavy atom. The fraction of sp³-hybridized carbons (Fsp3) is 0.308. The predicted molar refractivity (Wildman–Crippen MR) is 67.7 cm³/mol. The van der Waals surface area contributed by atoms with Crippen LogP contribution in [0.1, 0.15) is 17.0 Å². The average Bonchev–Trinajstić information content (AvgIpc) is 2.75. The minimum absolute atomic E-state index is 0.449. The van der Waals surface area contributed by atoms with Crippen LogP contribution in [0.25, 0.3) is 0 Å². The van der Waals surface area contributed by atoms with Crippen LogP contribution < -0.4 is 10.6 Å². The molecule has 0 amide bonds. The van der Waals surface area contributed by atoms with E-state index < -0.39 is 0 Å². The Labute approximate surface area is 101 Å². The number of nitrogens with two attached hydrogens (primary N) is 1. The molecule has 4 heteroatoms. The van der Waals surface area contributed by atoms with E-state index in [0.717, 1.165) is 23.7 Å². The van der Waals surface area contributed by atoms with Crippen molar-refractivity contribution in [2.24, 2.45) is 5.73 Å². The lowest BCUT2D eigenvalue weighted by Gasteiger charge is -2.21. The number of hydrogen-bond donors (Lipinski definition) is 1. The Morgan fingerprint density at radius 1 is 1.41 bits per heavy atom. The standard InChI is InChI=1S/C13H17N3O/c1-10-11(5-7-17-10)9-16(2)13-4-3-6-15-12(13)8-14/h3-7H,8-9,14H2,1-2H3. The molecular formula is C13H17N3O. The van der Waals surface area contributed by atoms with Crippen molar-refractivity contribution in [1.82, 2.24) is 4.98 Å². The summed E-state index contributed by atoms with van der Waals surface area (Å²) in [6.45, 7) is 3.21. The summed E-state index contributed by atoms with van der Waals surface area (Å²) < 4.78 is 5.29.